The first-order valence-electron chi connectivity index (χ1n) is 7.03. The average molecular weight is 303 g/mol. The molecule has 1 aliphatic rings. The summed E-state index contributed by atoms with van der Waals surface area (Å²) in [5.74, 6) is 0.435. The van der Waals surface area contributed by atoms with E-state index in [0.717, 1.165) is 31.7 Å². The number of hydrogen-bond donors (Lipinski definition) is 1. The van der Waals surface area contributed by atoms with E-state index in [9.17, 15) is 13.2 Å². The van der Waals surface area contributed by atoms with Crippen molar-refractivity contribution in [3.05, 3.63) is 29.3 Å². The molecule has 6 heteroatoms. The first kappa shape index (κ1) is 16.1. The van der Waals surface area contributed by atoms with Crippen LogP contribution >= 0.6 is 0 Å². The maximum Gasteiger partial charge on any atom is 0.416 e. The minimum atomic E-state index is -4.39. The van der Waals surface area contributed by atoms with Crippen molar-refractivity contribution in [1.82, 2.24) is 0 Å². The van der Waals surface area contributed by atoms with Crippen LogP contribution in [0.1, 0.15) is 36.8 Å². The van der Waals surface area contributed by atoms with Crippen LogP contribution in [0.25, 0.3) is 0 Å². The third-order valence-electron chi connectivity index (χ3n) is 3.82. The second kappa shape index (κ2) is 6.66. The van der Waals surface area contributed by atoms with Gasteiger partial charge in [0.1, 0.15) is 11.9 Å². The quantitative estimate of drug-likeness (QED) is 0.926. The number of alkyl halides is 3. The van der Waals surface area contributed by atoms with E-state index in [-0.39, 0.29) is 24.3 Å². The highest BCUT2D eigenvalue weighted by molar-refractivity contribution is 5.37. The molecule has 1 aromatic carbocycles. The topological polar surface area (TPSA) is 44.5 Å². The van der Waals surface area contributed by atoms with E-state index in [1.54, 1.807) is 7.11 Å². The summed E-state index contributed by atoms with van der Waals surface area (Å²) in [5, 5.41) is 0. The molecule has 1 saturated carbocycles. The van der Waals surface area contributed by atoms with Crippen molar-refractivity contribution in [3.8, 4) is 5.75 Å². The molecular formula is C15H20F3NO2. The minimum Gasteiger partial charge on any atom is -0.490 e. The second-order valence-electron chi connectivity index (χ2n) is 5.29. The summed E-state index contributed by atoms with van der Waals surface area (Å²) in [6, 6.07) is 3.78. The summed E-state index contributed by atoms with van der Waals surface area (Å²) < 4.78 is 49.5. The standard InChI is InChI=1S/C15H20F3NO2/c1-20-11-3-2-4-12(8-11)21-13-5-6-14(15(16,17)18)10(7-13)9-19/h5-7,11-12H,2-4,8-9,19H2,1H3. The lowest BCUT2D eigenvalue weighted by Crippen LogP contribution is -2.29. The van der Waals surface area contributed by atoms with Gasteiger partial charge in [0.2, 0.25) is 0 Å². The highest BCUT2D eigenvalue weighted by atomic mass is 19.4. The molecule has 0 heterocycles. The van der Waals surface area contributed by atoms with Gasteiger partial charge in [0.15, 0.2) is 0 Å². The maximum atomic E-state index is 12.8. The monoisotopic (exact) mass is 303 g/mol. The van der Waals surface area contributed by atoms with E-state index in [4.69, 9.17) is 15.2 Å². The largest absolute Gasteiger partial charge is 0.490 e. The molecule has 0 radical (unpaired) electrons. The van der Waals surface area contributed by atoms with Crippen LogP contribution in [0, 0.1) is 0 Å². The Morgan fingerprint density at radius 2 is 1.95 bits per heavy atom. The van der Waals surface area contributed by atoms with Gasteiger partial charge in [-0.15, -0.1) is 0 Å². The number of benzene rings is 1. The summed E-state index contributed by atoms with van der Waals surface area (Å²) in [6.45, 7) is -0.169. The molecule has 0 spiro atoms. The van der Waals surface area contributed by atoms with Gasteiger partial charge >= 0.3 is 6.18 Å². The van der Waals surface area contributed by atoms with Crippen molar-refractivity contribution < 1.29 is 22.6 Å². The summed E-state index contributed by atoms with van der Waals surface area (Å²) in [5.41, 5.74) is 4.77. The molecule has 2 rings (SSSR count). The molecule has 3 nitrogen and oxygen atoms in total. The summed E-state index contributed by atoms with van der Waals surface area (Å²) >= 11 is 0. The van der Waals surface area contributed by atoms with Crippen LogP contribution in [0.2, 0.25) is 0 Å². The number of ether oxygens (including phenoxy) is 2. The highest BCUT2D eigenvalue weighted by Crippen LogP contribution is 2.34. The normalized spacial score (nSPS) is 23.1. The predicted molar refractivity (Wildman–Crippen MR) is 73.0 cm³/mol. The van der Waals surface area contributed by atoms with Crippen LogP contribution in [0.15, 0.2) is 18.2 Å². The molecule has 2 N–H and O–H groups in total. The van der Waals surface area contributed by atoms with Crippen molar-refractivity contribution in [2.75, 3.05) is 7.11 Å². The maximum absolute atomic E-state index is 12.8. The molecule has 1 aliphatic carbocycles. The van der Waals surface area contributed by atoms with E-state index in [1.807, 2.05) is 0 Å². The van der Waals surface area contributed by atoms with Crippen LogP contribution < -0.4 is 10.5 Å². The Bertz CT molecular complexity index is 476. The van der Waals surface area contributed by atoms with Gasteiger partial charge in [-0.25, -0.2) is 0 Å². The SMILES string of the molecule is COC1CCCC(Oc2ccc(C(F)(F)F)c(CN)c2)C1. The molecule has 0 saturated heterocycles. The van der Waals surface area contributed by atoms with Gasteiger partial charge < -0.3 is 15.2 Å². The predicted octanol–water partition coefficient (Wildman–Crippen LogP) is 3.50. The Balaban J connectivity index is 2.10. The fourth-order valence-electron chi connectivity index (χ4n) is 2.70. The van der Waals surface area contributed by atoms with Crippen molar-refractivity contribution in [2.45, 2.75) is 50.6 Å². The second-order valence-corrected chi connectivity index (χ2v) is 5.29. The van der Waals surface area contributed by atoms with Crippen LogP contribution in [-0.2, 0) is 17.5 Å². The van der Waals surface area contributed by atoms with Crippen molar-refractivity contribution in [2.24, 2.45) is 5.73 Å². The third kappa shape index (κ3) is 4.11. The van der Waals surface area contributed by atoms with Gasteiger partial charge in [0.25, 0.3) is 0 Å². The molecule has 0 aliphatic heterocycles. The lowest BCUT2D eigenvalue weighted by molar-refractivity contribution is -0.138. The molecule has 118 valence electrons. The van der Waals surface area contributed by atoms with Gasteiger partial charge in [-0.2, -0.15) is 13.2 Å². The van der Waals surface area contributed by atoms with Crippen LogP contribution in [0.5, 0.6) is 5.75 Å². The average Bonchev–Trinajstić information content (AvgIpc) is 2.46. The summed E-state index contributed by atoms with van der Waals surface area (Å²) in [6.07, 6.45) is -0.614. The summed E-state index contributed by atoms with van der Waals surface area (Å²) in [7, 11) is 1.66. The van der Waals surface area contributed by atoms with Gasteiger partial charge in [-0.3, -0.25) is 0 Å². The molecular weight excluding hydrogens is 283 g/mol. The zero-order valence-corrected chi connectivity index (χ0v) is 12.0. The highest BCUT2D eigenvalue weighted by Gasteiger charge is 2.33. The molecule has 0 bridgehead atoms. The zero-order valence-electron chi connectivity index (χ0n) is 12.0. The van der Waals surface area contributed by atoms with E-state index in [0.29, 0.717) is 5.75 Å². The Labute approximate surface area is 122 Å². The molecule has 1 aromatic rings. The lowest BCUT2D eigenvalue weighted by Gasteiger charge is -2.29. The van der Waals surface area contributed by atoms with Crippen molar-refractivity contribution in [1.29, 1.82) is 0 Å². The molecule has 2 atom stereocenters. The Morgan fingerprint density at radius 3 is 2.57 bits per heavy atom. The van der Waals surface area contributed by atoms with Crippen LogP contribution in [-0.4, -0.2) is 19.3 Å². The molecule has 2 unspecified atom stereocenters. The van der Waals surface area contributed by atoms with Gasteiger partial charge in [0, 0.05) is 20.1 Å². The van der Waals surface area contributed by atoms with Crippen molar-refractivity contribution >= 4 is 0 Å². The Morgan fingerprint density at radius 1 is 1.24 bits per heavy atom. The van der Waals surface area contributed by atoms with Crippen molar-refractivity contribution in [3.63, 3.8) is 0 Å². The number of halogens is 3. The molecule has 0 aromatic heterocycles. The van der Waals surface area contributed by atoms with Crippen LogP contribution in [0.3, 0.4) is 0 Å². The minimum absolute atomic E-state index is 0.0222. The molecule has 1 fully saturated rings. The molecule has 21 heavy (non-hydrogen) atoms. The fourth-order valence-corrected chi connectivity index (χ4v) is 2.70. The summed E-state index contributed by atoms with van der Waals surface area (Å²) in [4.78, 5) is 0. The number of rotatable bonds is 4. The number of hydrogen-bond acceptors (Lipinski definition) is 3. The zero-order chi connectivity index (χ0) is 15.5. The van der Waals surface area contributed by atoms with E-state index in [1.165, 1.54) is 12.1 Å². The lowest BCUT2D eigenvalue weighted by atomic mass is 9.95. The van der Waals surface area contributed by atoms with E-state index >= 15 is 0 Å². The third-order valence-corrected chi connectivity index (χ3v) is 3.82. The number of methoxy groups -OCH3 is 1. The fraction of sp³-hybridized carbons (Fsp3) is 0.600. The Kier molecular flexibility index (Phi) is 5.11. The first-order valence-corrected chi connectivity index (χ1v) is 7.03. The van der Waals surface area contributed by atoms with Crippen LogP contribution in [0.4, 0.5) is 13.2 Å². The first-order chi connectivity index (χ1) is 9.94. The van der Waals surface area contributed by atoms with E-state index < -0.39 is 11.7 Å². The Hall–Kier alpha value is -1.27. The molecule has 0 amide bonds. The van der Waals surface area contributed by atoms with Gasteiger partial charge in [0.05, 0.1) is 11.7 Å². The number of nitrogens with two attached hydrogens (primary N) is 1. The van der Waals surface area contributed by atoms with Gasteiger partial charge in [-0.1, -0.05) is 0 Å². The van der Waals surface area contributed by atoms with Gasteiger partial charge in [-0.05, 0) is 43.0 Å². The smallest absolute Gasteiger partial charge is 0.416 e. The van der Waals surface area contributed by atoms with E-state index in [2.05, 4.69) is 0 Å².